The van der Waals surface area contributed by atoms with Gasteiger partial charge in [-0.3, -0.25) is 4.79 Å². The normalized spacial score (nSPS) is 20.9. The molecule has 1 fully saturated rings. The minimum atomic E-state index is -1.12. The van der Waals surface area contributed by atoms with Gasteiger partial charge in [-0.25, -0.2) is 4.79 Å². The van der Waals surface area contributed by atoms with Crippen LogP contribution < -0.4 is 5.32 Å². The molecule has 1 aromatic heterocycles. The van der Waals surface area contributed by atoms with Gasteiger partial charge >= 0.3 is 5.97 Å². The summed E-state index contributed by atoms with van der Waals surface area (Å²) in [4.78, 5) is 22.3. The lowest BCUT2D eigenvalue weighted by molar-refractivity contribution is -0.116. The van der Waals surface area contributed by atoms with Gasteiger partial charge in [-0.15, -0.1) is 0 Å². The highest BCUT2D eigenvalue weighted by atomic mass is 32.2. The Balaban J connectivity index is 2.02. The lowest BCUT2D eigenvalue weighted by Crippen LogP contribution is -2.29. The Hall–Kier alpha value is -1.43. The Morgan fingerprint density at radius 2 is 2.33 bits per heavy atom. The van der Waals surface area contributed by atoms with E-state index in [1.165, 1.54) is 17.8 Å². The number of amides is 1. The first-order valence-corrected chi connectivity index (χ1v) is 5.30. The summed E-state index contributed by atoms with van der Waals surface area (Å²) in [6.07, 6.45) is 1.65. The number of nitrogens with one attached hydrogen (secondary N) is 1. The van der Waals surface area contributed by atoms with E-state index in [1.54, 1.807) is 0 Å². The maximum Gasteiger partial charge on any atom is 0.371 e. The van der Waals surface area contributed by atoms with Crippen LogP contribution in [0.15, 0.2) is 15.6 Å². The Morgan fingerprint density at radius 1 is 1.60 bits per heavy atom. The summed E-state index contributed by atoms with van der Waals surface area (Å²) in [5.74, 6) is -1.30. The van der Waals surface area contributed by atoms with Gasteiger partial charge in [0.05, 0.1) is 5.69 Å². The molecule has 0 aromatic carbocycles. The minimum absolute atomic E-state index is 0.0438. The van der Waals surface area contributed by atoms with E-state index >= 15 is 0 Å². The van der Waals surface area contributed by atoms with Crippen molar-refractivity contribution in [1.29, 1.82) is 0 Å². The summed E-state index contributed by atoms with van der Waals surface area (Å²) in [5, 5.41) is 11.9. The second-order valence-electron chi connectivity index (χ2n) is 3.67. The van der Waals surface area contributed by atoms with Crippen molar-refractivity contribution in [1.82, 2.24) is 0 Å². The molecular formula is C9H7NO4S. The van der Waals surface area contributed by atoms with E-state index in [0.717, 1.165) is 12.8 Å². The number of carboxylic acids is 1. The first-order chi connectivity index (χ1) is 7.11. The molecule has 6 heteroatoms. The molecule has 0 atom stereocenters. The SMILES string of the molecule is O=C(O)c1cc2c(o1)SC1(CC1)C(=O)N2. The number of aromatic carboxylic acids is 1. The molecule has 0 unspecified atom stereocenters. The van der Waals surface area contributed by atoms with Gasteiger partial charge in [0.2, 0.25) is 11.7 Å². The van der Waals surface area contributed by atoms with Crippen molar-refractivity contribution in [3.8, 4) is 0 Å². The molecule has 15 heavy (non-hydrogen) atoms. The van der Waals surface area contributed by atoms with Crippen LogP contribution in [0.4, 0.5) is 5.69 Å². The molecule has 0 radical (unpaired) electrons. The van der Waals surface area contributed by atoms with Gasteiger partial charge in [0, 0.05) is 6.07 Å². The monoisotopic (exact) mass is 225 g/mol. The number of anilines is 1. The maximum absolute atomic E-state index is 11.6. The zero-order chi connectivity index (χ0) is 10.6. The van der Waals surface area contributed by atoms with E-state index < -0.39 is 5.97 Å². The number of hydrogen-bond donors (Lipinski definition) is 2. The van der Waals surface area contributed by atoms with Gasteiger partial charge in [0.25, 0.3) is 0 Å². The number of carboxylic acid groups (broad SMARTS) is 1. The summed E-state index contributed by atoms with van der Waals surface area (Å²) in [7, 11) is 0. The predicted octanol–water partition coefficient (Wildman–Crippen LogP) is 1.55. The summed E-state index contributed by atoms with van der Waals surface area (Å²) in [5.41, 5.74) is 0.472. The van der Waals surface area contributed by atoms with Crippen LogP contribution in [0.2, 0.25) is 0 Å². The first kappa shape index (κ1) is 8.84. The highest BCUT2D eigenvalue weighted by Gasteiger charge is 2.54. The quantitative estimate of drug-likeness (QED) is 0.758. The van der Waals surface area contributed by atoms with Gasteiger partial charge in [-0.05, 0) is 12.8 Å². The molecule has 1 aliphatic heterocycles. The number of carbonyl (C=O) groups is 2. The van der Waals surface area contributed by atoms with E-state index in [0.29, 0.717) is 10.8 Å². The molecular weight excluding hydrogens is 218 g/mol. The van der Waals surface area contributed by atoms with Crippen LogP contribution >= 0.6 is 11.8 Å². The van der Waals surface area contributed by atoms with Gasteiger partial charge < -0.3 is 14.8 Å². The molecule has 1 aromatic rings. The van der Waals surface area contributed by atoms with Crippen molar-refractivity contribution < 1.29 is 19.1 Å². The van der Waals surface area contributed by atoms with E-state index in [1.807, 2.05) is 0 Å². The molecule has 1 spiro atoms. The second-order valence-corrected chi connectivity index (χ2v) is 5.02. The fraction of sp³-hybridized carbons (Fsp3) is 0.333. The molecule has 0 saturated heterocycles. The Labute approximate surface area is 88.8 Å². The third-order valence-electron chi connectivity index (χ3n) is 2.56. The van der Waals surface area contributed by atoms with Gasteiger partial charge in [0.15, 0.2) is 5.09 Å². The molecule has 1 amide bonds. The molecule has 3 rings (SSSR count). The van der Waals surface area contributed by atoms with Crippen molar-refractivity contribution in [2.24, 2.45) is 0 Å². The van der Waals surface area contributed by atoms with Crippen LogP contribution in [-0.4, -0.2) is 21.7 Å². The molecule has 0 bridgehead atoms. The topological polar surface area (TPSA) is 79.5 Å². The number of fused-ring (bicyclic) bond motifs is 1. The number of furan rings is 1. The zero-order valence-electron chi connectivity index (χ0n) is 7.57. The molecule has 1 saturated carbocycles. The van der Waals surface area contributed by atoms with Crippen molar-refractivity contribution in [2.45, 2.75) is 22.7 Å². The Morgan fingerprint density at radius 3 is 2.93 bits per heavy atom. The molecule has 2 N–H and O–H groups in total. The Bertz CT molecular complexity index is 474. The number of hydrogen-bond acceptors (Lipinski definition) is 4. The van der Waals surface area contributed by atoms with Crippen LogP contribution in [0.5, 0.6) is 0 Å². The lowest BCUT2D eigenvalue weighted by atomic mass is 10.3. The summed E-state index contributed by atoms with van der Waals surface area (Å²) in [6, 6.07) is 1.35. The van der Waals surface area contributed by atoms with E-state index in [4.69, 9.17) is 9.52 Å². The number of carbonyl (C=O) groups excluding carboxylic acids is 1. The van der Waals surface area contributed by atoms with Crippen LogP contribution in [0.25, 0.3) is 0 Å². The van der Waals surface area contributed by atoms with Crippen LogP contribution in [0.1, 0.15) is 23.4 Å². The zero-order valence-corrected chi connectivity index (χ0v) is 8.39. The average Bonchev–Trinajstić information content (AvgIpc) is 2.81. The third-order valence-corrected chi connectivity index (χ3v) is 4.04. The molecule has 2 aliphatic rings. The summed E-state index contributed by atoms with van der Waals surface area (Å²) < 4.78 is 4.75. The fourth-order valence-corrected chi connectivity index (χ4v) is 2.70. The van der Waals surface area contributed by atoms with Gasteiger partial charge in [0.1, 0.15) is 4.75 Å². The Kier molecular flexibility index (Phi) is 1.52. The van der Waals surface area contributed by atoms with Crippen LogP contribution in [-0.2, 0) is 4.79 Å². The first-order valence-electron chi connectivity index (χ1n) is 4.48. The molecule has 1 aliphatic carbocycles. The largest absolute Gasteiger partial charge is 0.475 e. The van der Waals surface area contributed by atoms with Gasteiger partial charge in [-0.1, -0.05) is 11.8 Å². The molecule has 5 nitrogen and oxygen atoms in total. The average molecular weight is 225 g/mol. The second kappa shape index (κ2) is 2.57. The number of rotatable bonds is 1. The predicted molar refractivity (Wildman–Crippen MR) is 52.1 cm³/mol. The van der Waals surface area contributed by atoms with E-state index in [-0.39, 0.29) is 16.4 Å². The molecule has 2 heterocycles. The fourth-order valence-electron chi connectivity index (χ4n) is 1.55. The summed E-state index contributed by atoms with van der Waals surface area (Å²) >= 11 is 1.33. The van der Waals surface area contributed by atoms with E-state index in [9.17, 15) is 9.59 Å². The highest BCUT2D eigenvalue weighted by molar-refractivity contribution is 8.01. The van der Waals surface area contributed by atoms with E-state index in [2.05, 4.69) is 5.32 Å². The standard InChI is InChI=1S/C9H7NO4S/c11-6(12)5-3-4-7(14-5)15-9(1-2-9)8(13)10-4/h3H,1-2H2,(H,10,13)(H,11,12). The van der Waals surface area contributed by atoms with Crippen molar-refractivity contribution in [3.05, 3.63) is 11.8 Å². The highest BCUT2D eigenvalue weighted by Crippen LogP contribution is 2.57. The smallest absolute Gasteiger partial charge is 0.371 e. The lowest BCUT2D eigenvalue weighted by Gasteiger charge is -2.18. The maximum atomic E-state index is 11.6. The van der Waals surface area contributed by atoms with Crippen LogP contribution in [0, 0.1) is 0 Å². The van der Waals surface area contributed by atoms with Gasteiger partial charge in [-0.2, -0.15) is 0 Å². The third kappa shape index (κ3) is 1.18. The van der Waals surface area contributed by atoms with Crippen molar-refractivity contribution in [2.75, 3.05) is 5.32 Å². The minimum Gasteiger partial charge on any atom is -0.475 e. The number of thioether (sulfide) groups is 1. The summed E-state index contributed by atoms with van der Waals surface area (Å²) in [6.45, 7) is 0. The van der Waals surface area contributed by atoms with Crippen molar-refractivity contribution >= 4 is 29.3 Å². The molecule has 78 valence electrons. The van der Waals surface area contributed by atoms with Crippen LogP contribution in [0.3, 0.4) is 0 Å². The van der Waals surface area contributed by atoms with Crippen molar-refractivity contribution in [3.63, 3.8) is 0 Å².